The second kappa shape index (κ2) is 7.25. The van der Waals surface area contributed by atoms with Gasteiger partial charge in [-0.15, -0.1) is 0 Å². The van der Waals surface area contributed by atoms with Gasteiger partial charge in [-0.3, -0.25) is 14.9 Å². The van der Waals surface area contributed by atoms with Crippen molar-refractivity contribution < 1.29 is 28.7 Å². The quantitative estimate of drug-likeness (QED) is 0.396. The van der Waals surface area contributed by atoms with Gasteiger partial charge in [0.15, 0.2) is 23.8 Å². The van der Waals surface area contributed by atoms with Crippen LogP contribution >= 0.6 is 0 Å². The summed E-state index contributed by atoms with van der Waals surface area (Å²) in [5.74, 6) is -1.58. The molecule has 0 atom stereocenters. The maximum Gasteiger partial charge on any atom is 0.343 e. The Morgan fingerprint density at radius 2 is 2.00 bits per heavy atom. The highest BCUT2D eigenvalue weighted by Crippen LogP contribution is 2.40. The number of methoxy groups -OCH3 is 2. The van der Waals surface area contributed by atoms with Crippen LogP contribution in [0.5, 0.6) is 11.5 Å². The first-order chi connectivity index (χ1) is 11.9. The third-order valence-corrected chi connectivity index (χ3v) is 3.09. The second-order valence-corrected chi connectivity index (χ2v) is 4.53. The van der Waals surface area contributed by atoms with Crippen LogP contribution in [0, 0.1) is 10.1 Å². The van der Waals surface area contributed by atoms with Crippen LogP contribution in [0.3, 0.4) is 0 Å². The molecule has 1 aromatic heterocycles. The molecule has 0 radical (unpaired) electrons. The predicted molar refractivity (Wildman–Crippen MR) is 81.1 cm³/mol. The molecule has 12 nitrogen and oxygen atoms in total. The third kappa shape index (κ3) is 3.63. The Bertz CT molecular complexity index is 832. The topological polar surface area (TPSA) is 173 Å². The lowest BCUT2D eigenvalue weighted by Gasteiger charge is -2.11. The molecule has 1 aromatic carbocycles. The van der Waals surface area contributed by atoms with Crippen molar-refractivity contribution in [3.05, 3.63) is 27.9 Å². The van der Waals surface area contributed by atoms with E-state index in [1.54, 1.807) is 0 Å². The van der Waals surface area contributed by atoms with E-state index < -0.39 is 29.1 Å². The summed E-state index contributed by atoms with van der Waals surface area (Å²) >= 11 is 0. The maximum absolute atomic E-state index is 11.4. The number of aromatic amines is 1. The van der Waals surface area contributed by atoms with Gasteiger partial charge in [0.2, 0.25) is 0 Å². The summed E-state index contributed by atoms with van der Waals surface area (Å²) in [6.07, 6.45) is 0. The fourth-order valence-corrected chi connectivity index (χ4v) is 1.95. The zero-order valence-electron chi connectivity index (χ0n) is 13.1. The van der Waals surface area contributed by atoms with E-state index in [1.165, 1.54) is 20.3 Å². The van der Waals surface area contributed by atoms with Crippen LogP contribution in [-0.4, -0.2) is 53.0 Å². The summed E-state index contributed by atoms with van der Waals surface area (Å²) in [5, 5.41) is 20.9. The van der Waals surface area contributed by atoms with Crippen LogP contribution in [0.1, 0.15) is 10.5 Å². The first-order valence-electron chi connectivity index (χ1n) is 6.66. The number of nitro benzene ring substituents is 1. The zero-order chi connectivity index (χ0) is 18.6. The molecular weight excluding hydrogens is 338 g/mol. The van der Waals surface area contributed by atoms with E-state index >= 15 is 0 Å². The summed E-state index contributed by atoms with van der Waals surface area (Å²) in [5.41, 5.74) is 4.29. The van der Waals surface area contributed by atoms with Crippen LogP contribution in [0.25, 0.3) is 11.3 Å². The highest BCUT2D eigenvalue weighted by molar-refractivity contribution is 5.98. The van der Waals surface area contributed by atoms with E-state index in [-0.39, 0.29) is 28.5 Å². The predicted octanol–water partition coefficient (Wildman–Crippen LogP) is 0.0392. The minimum atomic E-state index is -0.914. The molecule has 2 rings (SSSR count). The first-order valence-corrected chi connectivity index (χ1v) is 6.66. The Morgan fingerprint density at radius 1 is 1.28 bits per heavy atom. The number of amides is 1. The fraction of sp³-hybridized carbons (Fsp3) is 0.231. The van der Waals surface area contributed by atoms with Crippen molar-refractivity contribution in [1.82, 2.24) is 15.4 Å². The van der Waals surface area contributed by atoms with Gasteiger partial charge in [-0.25, -0.2) is 4.79 Å². The molecule has 0 spiro atoms. The molecule has 0 unspecified atom stereocenters. The van der Waals surface area contributed by atoms with Crippen LogP contribution in [0.15, 0.2) is 12.1 Å². The molecule has 1 heterocycles. The molecule has 0 saturated heterocycles. The molecule has 132 valence electrons. The van der Waals surface area contributed by atoms with Crippen molar-refractivity contribution in [3.8, 4) is 22.8 Å². The highest BCUT2D eigenvalue weighted by Gasteiger charge is 2.27. The number of hydrogen-bond acceptors (Lipinski definition) is 9. The number of nitrogens with zero attached hydrogens (tertiary/aromatic N) is 3. The second-order valence-electron chi connectivity index (χ2n) is 4.53. The van der Waals surface area contributed by atoms with Gasteiger partial charge in [-0.2, -0.15) is 15.4 Å². The third-order valence-electron chi connectivity index (χ3n) is 3.09. The molecule has 0 saturated carbocycles. The van der Waals surface area contributed by atoms with Crippen molar-refractivity contribution in [2.75, 3.05) is 20.8 Å². The lowest BCUT2D eigenvalue weighted by atomic mass is 10.1. The highest BCUT2D eigenvalue weighted by atomic mass is 16.6. The van der Waals surface area contributed by atoms with Crippen LogP contribution in [0.2, 0.25) is 0 Å². The van der Waals surface area contributed by atoms with Crippen LogP contribution < -0.4 is 15.2 Å². The molecule has 0 bridgehead atoms. The smallest absolute Gasteiger partial charge is 0.343 e. The van der Waals surface area contributed by atoms with E-state index in [0.29, 0.717) is 0 Å². The summed E-state index contributed by atoms with van der Waals surface area (Å²) in [6.45, 7) is -0.472. The number of nitrogens with two attached hydrogens (primary N) is 1. The van der Waals surface area contributed by atoms with Gasteiger partial charge in [-0.1, -0.05) is 0 Å². The van der Waals surface area contributed by atoms with Gasteiger partial charge in [0.25, 0.3) is 11.6 Å². The van der Waals surface area contributed by atoms with Crippen LogP contribution in [0.4, 0.5) is 5.69 Å². The summed E-state index contributed by atoms with van der Waals surface area (Å²) in [4.78, 5) is 33.3. The van der Waals surface area contributed by atoms with Crippen LogP contribution in [-0.2, 0) is 9.53 Å². The number of nitro groups is 1. The largest absolute Gasteiger partial charge is 0.493 e. The fourth-order valence-electron chi connectivity index (χ4n) is 1.95. The Balaban J connectivity index is 2.57. The molecule has 12 heteroatoms. The van der Waals surface area contributed by atoms with Gasteiger partial charge in [0.1, 0.15) is 5.69 Å². The molecular formula is C13H13N5O7. The monoisotopic (exact) mass is 351 g/mol. The van der Waals surface area contributed by atoms with Crippen molar-refractivity contribution in [1.29, 1.82) is 0 Å². The van der Waals surface area contributed by atoms with Crippen molar-refractivity contribution in [3.63, 3.8) is 0 Å². The Labute approximate surface area is 140 Å². The van der Waals surface area contributed by atoms with Gasteiger partial charge < -0.3 is 19.9 Å². The van der Waals surface area contributed by atoms with E-state index in [1.807, 2.05) is 0 Å². The van der Waals surface area contributed by atoms with Gasteiger partial charge in [0, 0.05) is 6.07 Å². The minimum Gasteiger partial charge on any atom is -0.493 e. The van der Waals surface area contributed by atoms with E-state index in [2.05, 4.69) is 20.1 Å². The van der Waals surface area contributed by atoms with Crippen molar-refractivity contribution in [2.45, 2.75) is 0 Å². The molecule has 1 amide bonds. The number of aromatic nitrogens is 3. The van der Waals surface area contributed by atoms with Gasteiger partial charge >= 0.3 is 5.97 Å². The lowest BCUT2D eigenvalue weighted by Crippen LogP contribution is -2.14. The number of hydrogen-bond donors (Lipinski definition) is 2. The number of rotatable bonds is 7. The van der Waals surface area contributed by atoms with E-state index in [9.17, 15) is 19.7 Å². The number of H-pyrrole nitrogens is 1. The van der Waals surface area contributed by atoms with Crippen molar-refractivity contribution in [2.24, 2.45) is 5.73 Å². The van der Waals surface area contributed by atoms with Crippen molar-refractivity contribution >= 4 is 17.6 Å². The Kier molecular flexibility index (Phi) is 5.12. The standard InChI is InChI=1S/C13H13N5O7/c1-23-8-3-6(11-12(13(14)20)16-17-15-11)7(18(21)22)4-9(8)25-5-10(19)24-2/h3-4H,5H2,1-2H3,(H2,14,20)(H,15,16,17). The SMILES string of the molecule is COC(=O)COc1cc([N+](=O)[O-])c(-c2n[nH]nc2C(N)=O)cc1OC. The maximum atomic E-state index is 11.4. The minimum absolute atomic E-state index is 0.0604. The number of primary amides is 1. The number of benzene rings is 1. The summed E-state index contributed by atoms with van der Waals surface area (Å²) in [6, 6.07) is 2.27. The number of carbonyl (C=O) groups excluding carboxylic acids is 2. The average molecular weight is 351 g/mol. The molecule has 0 fully saturated rings. The zero-order valence-corrected chi connectivity index (χ0v) is 13.1. The lowest BCUT2D eigenvalue weighted by molar-refractivity contribution is -0.384. The number of nitrogens with one attached hydrogen (secondary N) is 1. The number of ether oxygens (including phenoxy) is 3. The van der Waals surface area contributed by atoms with Gasteiger partial charge in [0.05, 0.1) is 30.8 Å². The molecule has 3 N–H and O–H groups in total. The molecule has 0 aliphatic heterocycles. The number of esters is 1. The molecule has 0 aliphatic rings. The molecule has 0 aliphatic carbocycles. The first kappa shape index (κ1) is 17.7. The van der Waals surface area contributed by atoms with Gasteiger partial charge in [-0.05, 0) is 0 Å². The Morgan fingerprint density at radius 3 is 2.56 bits per heavy atom. The molecule has 2 aromatic rings. The normalized spacial score (nSPS) is 10.2. The van der Waals surface area contributed by atoms with E-state index in [4.69, 9.17) is 15.2 Å². The Hall–Kier alpha value is -3.70. The van der Waals surface area contributed by atoms with E-state index in [0.717, 1.165) is 6.07 Å². The summed E-state index contributed by atoms with van der Waals surface area (Å²) < 4.78 is 14.7. The summed E-state index contributed by atoms with van der Waals surface area (Å²) in [7, 11) is 2.47. The average Bonchev–Trinajstić information content (AvgIpc) is 3.08. The number of carbonyl (C=O) groups is 2. The molecule has 25 heavy (non-hydrogen) atoms.